The molecule has 2 aromatic rings. The standard InChI is InChI=1S/C10H6Cl3NO/c11-5-6-4-9(14-15-6)10-7(12)2-1-3-8(10)13/h1-4H,5H2. The lowest BCUT2D eigenvalue weighted by molar-refractivity contribution is 0.396. The Morgan fingerprint density at radius 3 is 2.40 bits per heavy atom. The molecular weight excluding hydrogens is 256 g/mol. The monoisotopic (exact) mass is 261 g/mol. The third-order valence-electron chi connectivity index (χ3n) is 1.91. The largest absolute Gasteiger partial charge is 0.359 e. The molecule has 1 aromatic carbocycles. The van der Waals surface area contributed by atoms with Gasteiger partial charge in [-0.3, -0.25) is 0 Å². The lowest BCUT2D eigenvalue weighted by atomic mass is 10.1. The van der Waals surface area contributed by atoms with Gasteiger partial charge in [0.1, 0.15) is 5.69 Å². The number of hydrogen-bond acceptors (Lipinski definition) is 2. The quantitative estimate of drug-likeness (QED) is 0.750. The van der Waals surface area contributed by atoms with Gasteiger partial charge < -0.3 is 4.52 Å². The van der Waals surface area contributed by atoms with E-state index in [9.17, 15) is 0 Å². The Hall–Kier alpha value is -0.700. The van der Waals surface area contributed by atoms with E-state index in [1.807, 2.05) is 0 Å². The maximum atomic E-state index is 6.02. The molecule has 2 nitrogen and oxygen atoms in total. The molecule has 0 atom stereocenters. The highest BCUT2D eigenvalue weighted by atomic mass is 35.5. The fourth-order valence-corrected chi connectivity index (χ4v) is 1.95. The van der Waals surface area contributed by atoms with Crippen molar-refractivity contribution < 1.29 is 4.52 Å². The first kappa shape index (κ1) is 10.8. The Morgan fingerprint density at radius 1 is 1.20 bits per heavy atom. The maximum absolute atomic E-state index is 6.02. The van der Waals surface area contributed by atoms with Gasteiger partial charge in [0, 0.05) is 11.6 Å². The number of benzene rings is 1. The number of rotatable bonds is 2. The molecule has 0 saturated heterocycles. The highest BCUT2D eigenvalue weighted by Crippen LogP contribution is 2.34. The van der Waals surface area contributed by atoms with Crippen molar-refractivity contribution in [2.75, 3.05) is 0 Å². The molecule has 0 spiro atoms. The third-order valence-corrected chi connectivity index (χ3v) is 2.80. The predicted octanol–water partition coefficient (Wildman–Crippen LogP) is 4.39. The Labute approximate surface area is 102 Å². The topological polar surface area (TPSA) is 26.0 Å². The van der Waals surface area contributed by atoms with Crippen molar-refractivity contribution in [1.82, 2.24) is 5.16 Å². The average molecular weight is 263 g/mol. The molecule has 0 aliphatic heterocycles. The zero-order valence-corrected chi connectivity index (χ0v) is 9.77. The number of nitrogens with zero attached hydrogens (tertiary/aromatic N) is 1. The van der Waals surface area contributed by atoms with Crippen LogP contribution in [0.4, 0.5) is 0 Å². The van der Waals surface area contributed by atoms with Gasteiger partial charge in [0.2, 0.25) is 0 Å². The minimum Gasteiger partial charge on any atom is -0.359 e. The second-order valence-corrected chi connectivity index (χ2v) is 3.99. The summed E-state index contributed by atoms with van der Waals surface area (Å²) in [5.41, 5.74) is 1.27. The van der Waals surface area contributed by atoms with Gasteiger partial charge in [0.25, 0.3) is 0 Å². The number of alkyl halides is 1. The summed E-state index contributed by atoms with van der Waals surface area (Å²) in [5.74, 6) is 0.859. The summed E-state index contributed by atoms with van der Waals surface area (Å²) < 4.78 is 4.98. The van der Waals surface area contributed by atoms with Crippen LogP contribution in [0.15, 0.2) is 28.8 Å². The molecule has 1 heterocycles. The van der Waals surface area contributed by atoms with Crippen molar-refractivity contribution in [3.05, 3.63) is 40.1 Å². The van der Waals surface area contributed by atoms with Crippen LogP contribution in [0.2, 0.25) is 10.0 Å². The number of halogens is 3. The summed E-state index contributed by atoms with van der Waals surface area (Å²) in [4.78, 5) is 0. The Morgan fingerprint density at radius 2 is 1.87 bits per heavy atom. The van der Waals surface area contributed by atoms with Gasteiger partial charge >= 0.3 is 0 Å². The van der Waals surface area contributed by atoms with Crippen molar-refractivity contribution in [1.29, 1.82) is 0 Å². The van der Waals surface area contributed by atoms with Crippen LogP contribution in [0.25, 0.3) is 11.3 Å². The van der Waals surface area contributed by atoms with Gasteiger partial charge in [-0.05, 0) is 12.1 Å². The molecule has 0 aliphatic carbocycles. The second-order valence-electron chi connectivity index (χ2n) is 2.91. The maximum Gasteiger partial charge on any atom is 0.152 e. The number of hydrogen-bond donors (Lipinski definition) is 0. The summed E-state index contributed by atoms with van der Waals surface area (Å²) in [6, 6.07) is 6.99. The van der Waals surface area contributed by atoms with E-state index in [4.69, 9.17) is 39.3 Å². The normalized spacial score (nSPS) is 10.6. The minimum atomic E-state index is 0.273. The van der Waals surface area contributed by atoms with E-state index in [0.29, 0.717) is 27.1 Å². The summed E-state index contributed by atoms with van der Waals surface area (Å²) in [5, 5.41) is 4.93. The summed E-state index contributed by atoms with van der Waals surface area (Å²) in [7, 11) is 0. The predicted molar refractivity (Wildman–Crippen MR) is 61.5 cm³/mol. The molecule has 0 fully saturated rings. The Bertz CT molecular complexity index is 461. The van der Waals surface area contributed by atoms with Gasteiger partial charge in [-0.1, -0.05) is 34.4 Å². The molecule has 2 rings (SSSR count). The van der Waals surface area contributed by atoms with Crippen LogP contribution in [-0.4, -0.2) is 5.16 Å². The second kappa shape index (κ2) is 4.44. The van der Waals surface area contributed by atoms with E-state index < -0.39 is 0 Å². The smallest absolute Gasteiger partial charge is 0.152 e. The Kier molecular flexibility index (Phi) is 3.19. The van der Waals surface area contributed by atoms with Crippen molar-refractivity contribution in [2.45, 2.75) is 5.88 Å². The first-order valence-electron chi connectivity index (χ1n) is 4.18. The van der Waals surface area contributed by atoms with E-state index >= 15 is 0 Å². The summed E-state index contributed by atoms with van der Waals surface area (Å²) in [6.45, 7) is 0. The molecule has 0 aliphatic rings. The fraction of sp³-hybridized carbons (Fsp3) is 0.100. The molecule has 1 aromatic heterocycles. The molecule has 0 amide bonds. The molecule has 0 bridgehead atoms. The molecule has 0 saturated carbocycles. The van der Waals surface area contributed by atoms with E-state index in [1.165, 1.54) is 0 Å². The third kappa shape index (κ3) is 2.12. The highest BCUT2D eigenvalue weighted by molar-refractivity contribution is 6.39. The highest BCUT2D eigenvalue weighted by Gasteiger charge is 2.12. The van der Waals surface area contributed by atoms with E-state index in [1.54, 1.807) is 24.3 Å². The first-order valence-corrected chi connectivity index (χ1v) is 5.47. The zero-order chi connectivity index (χ0) is 10.8. The van der Waals surface area contributed by atoms with Crippen LogP contribution in [0.5, 0.6) is 0 Å². The molecular formula is C10H6Cl3NO. The molecule has 0 radical (unpaired) electrons. The Balaban J connectivity index is 2.53. The van der Waals surface area contributed by atoms with Gasteiger partial charge in [-0.25, -0.2) is 0 Å². The molecule has 0 unspecified atom stereocenters. The summed E-state index contributed by atoms with van der Waals surface area (Å²) >= 11 is 17.6. The molecule has 5 heteroatoms. The van der Waals surface area contributed by atoms with Crippen LogP contribution in [0, 0.1) is 0 Å². The van der Waals surface area contributed by atoms with Crippen LogP contribution in [0.1, 0.15) is 5.76 Å². The van der Waals surface area contributed by atoms with Crippen molar-refractivity contribution in [2.24, 2.45) is 0 Å². The zero-order valence-electron chi connectivity index (χ0n) is 7.51. The van der Waals surface area contributed by atoms with Gasteiger partial charge in [-0.2, -0.15) is 0 Å². The molecule has 78 valence electrons. The first-order chi connectivity index (χ1) is 7.22. The van der Waals surface area contributed by atoms with Crippen LogP contribution in [-0.2, 0) is 5.88 Å². The lowest BCUT2D eigenvalue weighted by Crippen LogP contribution is -1.80. The van der Waals surface area contributed by atoms with E-state index in [2.05, 4.69) is 5.16 Å². The van der Waals surface area contributed by atoms with E-state index in [0.717, 1.165) is 0 Å². The average Bonchev–Trinajstić information content (AvgIpc) is 2.66. The minimum absolute atomic E-state index is 0.273. The fourth-order valence-electron chi connectivity index (χ4n) is 1.24. The van der Waals surface area contributed by atoms with Gasteiger partial charge in [-0.15, -0.1) is 11.6 Å². The van der Waals surface area contributed by atoms with Gasteiger partial charge in [0.05, 0.1) is 15.9 Å². The van der Waals surface area contributed by atoms with Crippen molar-refractivity contribution >= 4 is 34.8 Å². The van der Waals surface area contributed by atoms with E-state index in [-0.39, 0.29) is 5.88 Å². The van der Waals surface area contributed by atoms with Crippen LogP contribution in [0.3, 0.4) is 0 Å². The lowest BCUT2D eigenvalue weighted by Gasteiger charge is -2.01. The molecule has 0 N–H and O–H groups in total. The number of aromatic nitrogens is 1. The SMILES string of the molecule is ClCc1cc(-c2c(Cl)cccc2Cl)no1. The van der Waals surface area contributed by atoms with Gasteiger partial charge in [0.15, 0.2) is 5.76 Å². The summed E-state index contributed by atoms with van der Waals surface area (Å²) in [6.07, 6.45) is 0. The molecule has 15 heavy (non-hydrogen) atoms. The van der Waals surface area contributed by atoms with Crippen LogP contribution >= 0.6 is 34.8 Å². The van der Waals surface area contributed by atoms with Crippen LogP contribution < -0.4 is 0 Å². The van der Waals surface area contributed by atoms with Crippen molar-refractivity contribution in [3.63, 3.8) is 0 Å². The van der Waals surface area contributed by atoms with Crippen molar-refractivity contribution in [3.8, 4) is 11.3 Å².